The first-order valence-corrected chi connectivity index (χ1v) is 9.64. The molecule has 0 spiro atoms. The van der Waals surface area contributed by atoms with Crippen LogP contribution in [0.15, 0.2) is 12.4 Å². The molecule has 1 aliphatic rings. The van der Waals surface area contributed by atoms with Crippen molar-refractivity contribution in [3.8, 4) is 17.2 Å². The molecule has 7 nitrogen and oxygen atoms in total. The van der Waals surface area contributed by atoms with Crippen molar-refractivity contribution in [2.24, 2.45) is 0 Å². The summed E-state index contributed by atoms with van der Waals surface area (Å²) >= 11 is 1.78. The first-order valence-electron chi connectivity index (χ1n) is 8.82. The molecule has 8 heteroatoms. The summed E-state index contributed by atoms with van der Waals surface area (Å²) in [6.07, 6.45) is 4.79. The lowest BCUT2D eigenvalue weighted by atomic mass is 9.97. The average molecular weight is 386 g/mol. The van der Waals surface area contributed by atoms with Crippen molar-refractivity contribution in [2.75, 3.05) is 26.6 Å². The molecular weight excluding hydrogens is 364 g/mol. The highest BCUT2D eigenvalue weighted by Gasteiger charge is 2.26. The lowest BCUT2D eigenvalue weighted by Gasteiger charge is -2.24. The van der Waals surface area contributed by atoms with Crippen LogP contribution in [-0.4, -0.2) is 36.3 Å². The van der Waals surface area contributed by atoms with E-state index < -0.39 is 0 Å². The van der Waals surface area contributed by atoms with Crippen LogP contribution in [0, 0.1) is 6.92 Å². The molecule has 0 saturated heterocycles. The number of thiazole rings is 1. The van der Waals surface area contributed by atoms with Crippen molar-refractivity contribution in [1.29, 1.82) is 0 Å². The van der Waals surface area contributed by atoms with Gasteiger partial charge in [0.05, 0.1) is 43.5 Å². The SMILES string of the molecule is COc1cc2c(NC3CCCc4sc(C)nc43)ncnc2c(OC)c1OC. The first-order chi connectivity index (χ1) is 13.2. The average Bonchev–Trinajstić information content (AvgIpc) is 3.07. The molecule has 1 unspecified atom stereocenters. The van der Waals surface area contributed by atoms with Gasteiger partial charge in [0.25, 0.3) is 0 Å². The molecule has 1 aromatic carbocycles. The van der Waals surface area contributed by atoms with E-state index in [-0.39, 0.29) is 6.04 Å². The van der Waals surface area contributed by atoms with E-state index >= 15 is 0 Å². The molecule has 2 aromatic heterocycles. The Morgan fingerprint density at radius 1 is 1.11 bits per heavy atom. The van der Waals surface area contributed by atoms with Crippen LogP contribution in [0.5, 0.6) is 17.2 Å². The van der Waals surface area contributed by atoms with E-state index in [0.717, 1.165) is 41.2 Å². The van der Waals surface area contributed by atoms with E-state index in [1.807, 2.05) is 6.07 Å². The minimum Gasteiger partial charge on any atom is -0.493 e. The number of ether oxygens (including phenoxy) is 3. The van der Waals surface area contributed by atoms with Crippen LogP contribution in [0.3, 0.4) is 0 Å². The van der Waals surface area contributed by atoms with Gasteiger partial charge in [-0.3, -0.25) is 0 Å². The molecule has 1 aliphatic carbocycles. The summed E-state index contributed by atoms with van der Waals surface area (Å²) < 4.78 is 16.5. The molecule has 2 heterocycles. The highest BCUT2D eigenvalue weighted by Crippen LogP contribution is 2.44. The van der Waals surface area contributed by atoms with Crippen molar-refractivity contribution in [3.63, 3.8) is 0 Å². The lowest BCUT2D eigenvalue weighted by Crippen LogP contribution is -2.18. The predicted octanol–water partition coefficient (Wildman–Crippen LogP) is 3.91. The van der Waals surface area contributed by atoms with Crippen LogP contribution >= 0.6 is 11.3 Å². The van der Waals surface area contributed by atoms with Crippen LogP contribution in [0.1, 0.15) is 34.5 Å². The summed E-state index contributed by atoms with van der Waals surface area (Å²) in [6.45, 7) is 2.06. The Balaban J connectivity index is 1.81. The zero-order valence-corrected chi connectivity index (χ0v) is 16.6. The molecule has 0 aliphatic heterocycles. The largest absolute Gasteiger partial charge is 0.493 e. The number of nitrogens with zero attached hydrogens (tertiary/aromatic N) is 3. The maximum Gasteiger partial charge on any atom is 0.205 e. The van der Waals surface area contributed by atoms with Crippen LogP contribution < -0.4 is 19.5 Å². The Morgan fingerprint density at radius 3 is 2.67 bits per heavy atom. The Kier molecular flexibility index (Phi) is 4.73. The van der Waals surface area contributed by atoms with Crippen molar-refractivity contribution < 1.29 is 14.2 Å². The standard InChI is InChI=1S/C19H22N4O3S/c1-10-22-16-12(6-5-7-14(16)27-10)23-19-11-8-13(24-2)17(25-3)18(26-4)15(11)20-9-21-19/h8-9,12H,5-7H2,1-4H3,(H,20,21,23). The van der Waals surface area contributed by atoms with Crippen LogP contribution in [0.25, 0.3) is 10.9 Å². The van der Waals surface area contributed by atoms with E-state index in [1.54, 1.807) is 32.7 Å². The second-order valence-electron chi connectivity index (χ2n) is 6.39. The zero-order valence-electron chi connectivity index (χ0n) is 15.8. The summed E-state index contributed by atoms with van der Waals surface area (Å²) in [6, 6.07) is 2.02. The minimum absolute atomic E-state index is 0.135. The Morgan fingerprint density at radius 2 is 1.93 bits per heavy atom. The number of methoxy groups -OCH3 is 3. The topological polar surface area (TPSA) is 78.4 Å². The molecule has 142 valence electrons. The van der Waals surface area contributed by atoms with E-state index in [4.69, 9.17) is 19.2 Å². The third kappa shape index (κ3) is 3.03. The number of nitrogens with one attached hydrogen (secondary N) is 1. The number of benzene rings is 1. The second-order valence-corrected chi connectivity index (χ2v) is 7.68. The van der Waals surface area contributed by atoms with E-state index in [1.165, 1.54) is 11.2 Å². The monoisotopic (exact) mass is 386 g/mol. The molecule has 3 aromatic rings. The van der Waals surface area contributed by atoms with Gasteiger partial charge < -0.3 is 19.5 Å². The highest BCUT2D eigenvalue weighted by atomic mass is 32.1. The number of aryl methyl sites for hydroxylation is 2. The Hall–Kier alpha value is -2.61. The van der Waals surface area contributed by atoms with E-state index in [2.05, 4.69) is 22.2 Å². The van der Waals surface area contributed by atoms with Crippen LogP contribution in [0.4, 0.5) is 5.82 Å². The summed E-state index contributed by atoms with van der Waals surface area (Å²) in [5.74, 6) is 2.37. The van der Waals surface area contributed by atoms with Gasteiger partial charge in [0, 0.05) is 4.88 Å². The van der Waals surface area contributed by atoms with Gasteiger partial charge in [-0.25, -0.2) is 15.0 Å². The Labute approximate surface area is 161 Å². The summed E-state index contributed by atoms with van der Waals surface area (Å²) in [7, 11) is 4.78. The number of hydrogen-bond acceptors (Lipinski definition) is 8. The highest BCUT2D eigenvalue weighted by molar-refractivity contribution is 7.11. The molecule has 1 atom stereocenters. The van der Waals surface area contributed by atoms with Gasteiger partial charge in [-0.1, -0.05) is 0 Å². The van der Waals surface area contributed by atoms with Gasteiger partial charge >= 0.3 is 0 Å². The fourth-order valence-electron chi connectivity index (χ4n) is 3.62. The number of hydrogen-bond donors (Lipinski definition) is 1. The summed E-state index contributed by atoms with van der Waals surface area (Å²) in [5, 5.41) is 5.51. The van der Waals surface area contributed by atoms with Gasteiger partial charge in [-0.2, -0.15) is 0 Å². The molecule has 27 heavy (non-hydrogen) atoms. The van der Waals surface area contributed by atoms with E-state index in [0.29, 0.717) is 22.8 Å². The second kappa shape index (κ2) is 7.19. The fourth-order valence-corrected chi connectivity index (χ4v) is 4.66. The van der Waals surface area contributed by atoms with Crippen LogP contribution in [-0.2, 0) is 6.42 Å². The molecule has 0 fully saturated rings. The van der Waals surface area contributed by atoms with Crippen molar-refractivity contribution in [3.05, 3.63) is 28.0 Å². The van der Waals surface area contributed by atoms with Crippen molar-refractivity contribution in [2.45, 2.75) is 32.2 Å². The lowest BCUT2D eigenvalue weighted by molar-refractivity contribution is 0.327. The van der Waals surface area contributed by atoms with Crippen molar-refractivity contribution in [1.82, 2.24) is 15.0 Å². The van der Waals surface area contributed by atoms with Gasteiger partial charge in [-0.15, -0.1) is 11.3 Å². The quantitative estimate of drug-likeness (QED) is 0.712. The maximum atomic E-state index is 5.56. The molecule has 0 bridgehead atoms. The summed E-state index contributed by atoms with van der Waals surface area (Å²) in [5.41, 5.74) is 1.82. The predicted molar refractivity (Wildman–Crippen MR) is 105 cm³/mol. The number of rotatable bonds is 5. The summed E-state index contributed by atoms with van der Waals surface area (Å²) in [4.78, 5) is 15.0. The normalized spacial score (nSPS) is 16.1. The van der Waals surface area contributed by atoms with Gasteiger partial charge in [0.1, 0.15) is 17.7 Å². The Bertz CT molecular complexity index is 989. The number of fused-ring (bicyclic) bond motifs is 2. The molecule has 0 saturated carbocycles. The van der Waals surface area contributed by atoms with Crippen molar-refractivity contribution >= 4 is 28.1 Å². The minimum atomic E-state index is 0.135. The fraction of sp³-hybridized carbons (Fsp3) is 0.421. The first kappa shape index (κ1) is 17.8. The van der Waals surface area contributed by atoms with E-state index in [9.17, 15) is 0 Å². The molecule has 0 amide bonds. The molecule has 1 N–H and O–H groups in total. The van der Waals surface area contributed by atoms with Gasteiger partial charge in [0.15, 0.2) is 11.5 Å². The van der Waals surface area contributed by atoms with Crippen LogP contribution in [0.2, 0.25) is 0 Å². The smallest absolute Gasteiger partial charge is 0.205 e. The maximum absolute atomic E-state index is 5.56. The molecule has 4 rings (SSSR count). The third-order valence-electron chi connectivity index (χ3n) is 4.80. The zero-order chi connectivity index (χ0) is 19.0. The number of aromatic nitrogens is 3. The molecule has 0 radical (unpaired) electrons. The molecular formula is C19H22N4O3S. The third-order valence-corrected chi connectivity index (χ3v) is 5.85. The van der Waals surface area contributed by atoms with Gasteiger partial charge in [0.2, 0.25) is 5.75 Å². The van der Waals surface area contributed by atoms with Gasteiger partial charge in [-0.05, 0) is 32.3 Å². The number of anilines is 1.